The van der Waals surface area contributed by atoms with Crippen LogP contribution in [-0.2, 0) is 6.42 Å². The average molecular weight is 212 g/mol. The third kappa shape index (κ3) is 2.84. The van der Waals surface area contributed by atoms with Gasteiger partial charge in [-0.15, -0.1) is 0 Å². The molecule has 0 aliphatic rings. The van der Waals surface area contributed by atoms with E-state index in [0.717, 1.165) is 5.57 Å². The van der Waals surface area contributed by atoms with Gasteiger partial charge in [-0.3, -0.25) is 11.3 Å². The zero-order valence-electron chi connectivity index (χ0n) is 8.56. The monoisotopic (exact) mass is 212 g/mol. The van der Waals surface area contributed by atoms with E-state index in [1.807, 2.05) is 0 Å². The zero-order chi connectivity index (χ0) is 11.4. The van der Waals surface area contributed by atoms with Crippen LogP contribution in [0.1, 0.15) is 12.5 Å². The molecule has 1 aromatic rings. The van der Waals surface area contributed by atoms with Gasteiger partial charge in [0.05, 0.1) is 0 Å². The standard InChI is InChI=1S/C11H14F2N2/c1-7(2)11(15-14)6-8-9(12)4-3-5-10(8)13/h3-5,11,15H,1,6,14H2,2H3. The van der Waals surface area contributed by atoms with Crippen molar-refractivity contribution in [1.29, 1.82) is 0 Å². The molecule has 0 aliphatic carbocycles. The Bertz CT molecular complexity index is 343. The Hall–Kier alpha value is -1.26. The van der Waals surface area contributed by atoms with Crippen LogP contribution in [0.25, 0.3) is 0 Å². The van der Waals surface area contributed by atoms with Gasteiger partial charge in [-0.1, -0.05) is 18.2 Å². The van der Waals surface area contributed by atoms with Gasteiger partial charge in [0.1, 0.15) is 11.6 Å². The summed E-state index contributed by atoms with van der Waals surface area (Å²) < 4.78 is 26.5. The molecule has 0 saturated heterocycles. The van der Waals surface area contributed by atoms with Crippen LogP contribution in [0.5, 0.6) is 0 Å². The summed E-state index contributed by atoms with van der Waals surface area (Å²) >= 11 is 0. The highest BCUT2D eigenvalue weighted by Crippen LogP contribution is 2.15. The first-order valence-corrected chi connectivity index (χ1v) is 4.60. The molecule has 0 amide bonds. The van der Waals surface area contributed by atoms with Gasteiger partial charge >= 0.3 is 0 Å². The number of hydrazine groups is 1. The van der Waals surface area contributed by atoms with E-state index in [9.17, 15) is 8.78 Å². The van der Waals surface area contributed by atoms with E-state index in [1.165, 1.54) is 18.2 Å². The Balaban J connectivity index is 2.92. The summed E-state index contributed by atoms with van der Waals surface area (Å²) in [6.07, 6.45) is 0.157. The molecular formula is C11H14F2N2. The Morgan fingerprint density at radius 1 is 1.47 bits per heavy atom. The summed E-state index contributed by atoms with van der Waals surface area (Å²) in [5.41, 5.74) is 3.24. The van der Waals surface area contributed by atoms with Gasteiger partial charge in [-0.05, 0) is 25.5 Å². The predicted octanol–water partition coefficient (Wildman–Crippen LogP) is 1.92. The van der Waals surface area contributed by atoms with Gasteiger partial charge in [-0.2, -0.15) is 0 Å². The molecule has 0 spiro atoms. The lowest BCUT2D eigenvalue weighted by Crippen LogP contribution is -2.37. The molecule has 0 radical (unpaired) electrons. The second kappa shape index (κ2) is 5.00. The molecule has 1 rings (SSSR count). The van der Waals surface area contributed by atoms with Crippen LogP contribution in [0.2, 0.25) is 0 Å². The molecule has 1 aromatic carbocycles. The summed E-state index contributed by atoms with van der Waals surface area (Å²) in [6, 6.07) is 3.46. The van der Waals surface area contributed by atoms with Crippen LogP contribution in [0.4, 0.5) is 8.78 Å². The quantitative estimate of drug-likeness (QED) is 0.454. The Kier molecular flexibility index (Phi) is 3.94. The van der Waals surface area contributed by atoms with Crippen molar-refractivity contribution in [3.05, 3.63) is 47.5 Å². The number of hydrogen-bond acceptors (Lipinski definition) is 2. The van der Waals surface area contributed by atoms with Crippen LogP contribution >= 0.6 is 0 Å². The largest absolute Gasteiger partial charge is 0.271 e. The van der Waals surface area contributed by atoms with Crippen LogP contribution in [0, 0.1) is 11.6 Å². The minimum atomic E-state index is -0.559. The molecule has 0 aromatic heterocycles. The number of nitrogens with one attached hydrogen (secondary N) is 1. The molecule has 0 bridgehead atoms. The fourth-order valence-electron chi connectivity index (χ4n) is 1.31. The molecule has 82 valence electrons. The SMILES string of the molecule is C=C(C)C(Cc1c(F)cccc1F)NN. The highest BCUT2D eigenvalue weighted by molar-refractivity contribution is 5.22. The van der Waals surface area contributed by atoms with E-state index in [-0.39, 0.29) is 18.0 Å². The van der Waals surface area contributed by atoms with Crippen molar-refractivity contribution in [1.82, 2.24) is 5.43 Å². The van der Waals surface area contributed by atoms with Gasteiger partial charge < -0.3 is 0 Å². The second-order valence-electron chi connectivity index (χ2n) is 3.47. The topological polar surface area (TPSA) is 38.0 Å². The van der Waals surface area contributed by atoms with E-state index < -0.39 is 11.6 Å². The smallest absolute Gasteiger partial charge is 0.129 e. The summed E-state index contributed by atoms with van der Waals surface area (Å²) in [4.78, 5) is 0. The minimum absolute atomic E-state index is 0.0310. The van der Waals surface area contributed by atoms with Crippen LogP contribution < -0.4 is 11.3 Å². The van der Waals surface area contributed by atoms with Crippen molar-refractivity contribution in [3.63, 3.8) is 0 Å². The molecular weight excluding hydrogens is 198 g/mol. The maximum absolute atomic E-state index is 13.3. The Morgan fingerprint density at radius 3 is 2.40 bits per heavy atom. The molecule has 2 nitrogen and oxygen atoms in total. The first kappa shape index (κ1) is 11.8. The van der Waals surface area contributed by atoms with E-state index in [0.29, 0.717) is 0 Å². The molecule has 4 heteroatoms. The predicted molar refractivity (Wildman–Crippen MR) is 56.0 cm³/mol. The fraction of sp³-hybridized carbons (Fsp3) is 0.273. The maximum atomic E-state index is 13.3. The molecule has 1 unspecified atom stereocenters. The fourth-order valence-corrected chi connectivity index (χ4v) is 1.31. The van der Waals surface area contributed by atoms with Crippen molar-refractivity contribution in [3.8, 4) is 0 Å². The van der Waals surface area contributed by atoms with Crippen LogP contribution in [0.3, 0.4) is 0 Å². The molecule has 0 aliphatic heterocycles. The zero-order valence-corrected chi connectivity index (χ0v) is 8.56. The lowest BCUT2D eigenvalue weighted by molar-refractivity contribution is 0.519. The molecule has 0 fully saturated rings. The number of rotatable bonds is 4. The van der Waals surface area contributed by atoms with Crippen molar-refractivity contribution in [2.45, 2.75) is 19.4 Å². The lowest BCUT2D eigenvalue weighted by atomic mass is 10.0. The molecule has 1 atom stereocenters. The van der Waals surface area contributed by atoms with Gasteiger partial charge in [0.15, 0.2) is 0 Å². The molecule has 3 N–H and O–H groups in total. The number of nitrogens with two attached hydrogens (primary N) is 1. The van der Waals surface area contributed by atoms with Crippen molar-refractivity contribution < 1.29 is 8.78 Å². The maximum Gasteiger partial charge on any atom is 0.129 e. The summed E-state index contributed by atoms with van der Waals surface area (Å²) in [5, 5.41) is 0. The summed E-state index contributed by atoms with van der Waals surface area (Å²) in [6.45, 7) is 5.45. The van der Waals surface area contributed by atoms with E-state index >= 15 is 0 Å². The van der Waals surface area contributed by atoms with Gasteiger partial charge in [0, 0.05) is 11.6 Å². The highest BCUT2D eigenvalue weighted by atomic mass is 19.1. The van der Waals surface area contributed by atoms with Crippen molar-refractivity contribution in [2.24, 2.45) is 5.84 Å². The molecule has 15 heavy (non-hydrogen) atoms. The summed E-state index contributed by atoms with van der Waals surface area (Å²) in [7, 11) is 0. The highest BCUT2D eigenvalue weighted by Gasteiger charge is 2.14. The third-order valence-corrected chi connectivity index (χ3v) is 2.27. The normalized spacial score (nSPS) is 12.5. The van der Waals surface area contributed by atoms with Crippen molar-refractivity contribution in [2.75, 3.05) is 0 Å². The van der Waals surface area contributed by atoms with Crippen LogP contribution in [-0.4, -0.2) is 6.04 Å². The first-order chi connectivity index (χ1) is 7.06. The average Bonchev–Trinajstić information content (AvgIpc) is 2.17. The Labute approximate surface area is 87.8 Å². The molecule has 0 heterocycles. The Morgan fingerprint density at radius 2 is 2.00 bits per heavy atom. The minimum Gasteiger partial charge on any atom is -0.271 e. The van der Waals surface area contributed by atoms with Gasteiger partial charge in [-0.25, -0.2) is 8.78 Å². The number of hydrogen-bond donors (Lipinski definition) is 2. The first-order valence-electron chi connectivity index (χ1n) is 4.60. The number of halogens is 2. The summed E-state index contributed by atoms with van der Waals surface area (Å²) in [5.74, 6) is 4.15. The second-order valence-corrected chi connectivity index (χ2v) is 3.47. The van der Waals surface area contributed by atoms with E-state index in [4.69, 9.17) is 5.84 Å². The van der Waals surface area contributed by atoms with Crippen molar-refractivity contribution >= 4 is 0 Å². The van der Waals surface area contributed by atoms with E-state index in [1.54, 1.807) is 6.92 Å². The van der Waals surface area contributed by atoms with E-state index in [2.05, 4.69) is 12.0 Å². The third-order valence-electron chi connectivity index (χ3n) is 2.27. The molecule has 0 saturated carbocycles. The van der Waals surface area contributed by atoms with Crippen LogP contribution in [0.15, 0.2) is 30.4 Å². The lowest BCUT2D eigenvalue weighted by Gasteiger charge is -2.16. The van der Waals surface area contributed by atoms with Gasteiger partial charge in [0.2, 0.25) is 0 Å². The number of benzene rings is 1. The van der Waals surface area contributed by atoms with Gasteiger partial charge in [0.25, 0.3) is 0 Å².